The number of amides is 1. The average Bonchev–Trinajstić information content (AvgIpc) is 2.76. The first kappa shape index (κ1) is 25.0. The van der Waals surface area contributed by atoms with E-state index in [-0.39, 0.29) is 19.6 Å². The Hall–Kier alpha value is -3.22. The van der Waals surface area contributed by atoms with Gasteiger partial charge in [-0.15, -0.1) is 0 Å². The minimum atomic E-state index is -1.10. The van der Waals surface area contributed by atoms with Crippen molar-refractivity contribution >= 4 is 24.1 Å². The summed E-state index contributed by atoms with van der Waals surface area (Å²) in [6, 6.07) is 8.54. The second-order valence-electron chi connectivity index (χ2n) is 8.83. The fourth-order valence-corrected chi connectivity index (χ4v) is 3.81. The maximum atomic E-state index is 12.8. The van der Waals surface area contributed by atoms with Crippen molar-refractivity contribution in [3.8, 4) is 0 Å². The minimum absolute atomic E-state index is 0.0723. The van der Waals surface area contributed by atoms with Crippen molar-refractivity contribution in [2.45, 2.75) is 45.6 Å². The third-order valence-corrected chi connectivity index (χ3v) is 5.49. The molecule has 0 saturated carbocycles. The van der Waals surface area contributed by atoms with E-state index in [1.54, 1.807) is 57.2 Å². The van der Waals surface area contributed by atoms with Gasteiger partial charge in [0.1, 0.15) is 5.60 Å². The minimum Gasteiger partial charge on any atom is -0.461 e. The van der Waals surface area contributed by atoms with Crippen LogP contribution in [0, 0.1) is 11.3 Å². The van der Waals surface area contributed by atoms with Gasteiger partial charge in [-0.3, -0.25) is 9.59 Å². The van der Waals surface area contributed by atoms with Crippen LogP contribution in [-0.2, 0) is 19.1 Å². The van der Waals surface area contributed by atoms with E-state index in [1.807, 2.05) is 6.08 Å². The summed E-state index contributed by atoms with van der Waals surface area (Å²) < 4.78 is 10.7. The summed E-state index contributed by atoms with van der Waals surface area (Å²) in [5.74, 6) is -1.62. The number of Topliss-reactive ketones (excluding diaryl/α,β-unsaturated/α-hetero) is 1. The van der Waals surface area contributed by atoms with E-state index in [2.05, 4.69) is 11.9 Å². The summed E-state index contributed by atoms with van der Waals surface area (Å²) >= 11 is 0. The average molecular weight is 442 g/mol. The predicted molar refractivity (Wildman–Crippen MR) is 120 cm³/mol. The highest BCUT2D eigenvalue weighted by Crippen LogP contribution is 2.44. The normalized spacial score (nSPS) is 20.5. The molecular weight excluding hydrogens is 410 g/mol. The fourth-order valence-electron chi connectivity index (χ4n) is 3.81. The SMILES string of the molecule is C=CC1=C[C@H](COC(=O)c2ccccc2)[C@@](CCNC(=O)OC(C)(C)C)(C(=O)C=O)CC1. The highest BCUT2D eigenvalue weighted by Gasteiger charge is 2.46. The molecule has 1 aliphatic carbocycles. The number of nitrogens with one attached hydrogen (secondary N) is 1. The molecule has 0 aliphatic heterocycles. The molecule has 1 aliphatic rings. The monoisotopic (exact) mass is 441 g/mol. The Balaban J connectivity index is 2.19. The number of carbonyl (C=O) groups excluding carboxylic acids is 4. The lowest BCUT2D eigenvalue weighted by Gasteiger charge is -2.40. The lowest BCUT2D eigenvalue weighted by molar-refractivity contribution is -0.140. The van der Waals surface area contributed by atoms with Crippen LogP contribution in [0.15, 0.2) is 54.6 Å². The smallest absolute Gasteiger partial charge is 0.407 e. The molecule has 0 saturated heterocycles. The summed E-state index contributed by atoms with van der Waals surface area (Å²) in [4.78, 5) is 48.8. The summed E-state index contributed by atoms with van der Waals surface area (Å²) in [5, 5.41) is 2.65. The van der Waals surface area contributed by atoms with Gasteiger partial charge in [0.2, 0.25) is 5.78 Å². The Morgan fingerprint density at radius 1 is 1.22 bits per heavy atom. The number of hydrogen-bond donors (Lipinski definition) is 1. The van der Waals surface area contributed by atoms with Crippen LogP contribution in [0.25, 0.3) is 0 Å². The van der Waals surface area contributed by atoms with Gasteiger partial charge in [-0.2, -0.15) is 0 Å². The van der Waals surface area contributed by atoms with Crippen LogP contribution in [0.5, 0.6) is 0 Å². The number of carbonyl (C=O) groups is 4. The van der Waals surface area contributed by atoms with Crippen LogP contribution >= 0.6 is 0 Å². The van der Waals surface area contributed by atoms with Gasteiger partial charge < -0.3 is 14.8 Å². The molecule has 2 atom stereocenters. The van der Waals surface area contributed by atoms with Gasteiger partial charge in [0.25, 0.3) is 0 Å². The summed E-state index contributed by atoms with van der Waals surface area (Å²) in [6.07, 6.45) is 4.38. The van der Waals surface area contributed by atoms with Crippen LogP contribution in [0.3, 0.4) is 0 Å². The van der Waals surface area contributed by atoms with Crippen LogP contribution in [-0.4, -0.2) is 42.9 Å². The molecule has 1 N–H and O–H groups in total. The molecule has 2 rings (SSSR count). The maximum Gasteiger partial charge on any atom is 0.407 e. The molecule has 0 bridgehead atoms. The Bertz CT molecular complexity index is 883. The van der Waals surface area contributed by atoms with Gasteiger partial charge in [-0.25, -0.2) is 9.59 Å². The highest BCUT2D eigenvalue weighted by atomic mass is 16.6. The van der Waals surface area contributed by atoms with Gasteiger partial charge in [0, 0.05) is 17.9 Å². The first-order chi connectivity index (χ1) is 15.1. The van der Waals surface area contributed by atoms with Crippen LogP contribution in [0.4, 0.5) is 4.79 Å². The summed E-state index contributed by atoms with van der Waals surface area (Å²) in [5.41, 5.74) is -0.434. The van der Waals surface area contributed by atoms with Gasteiger partial charge in [-0.05, 0) is 52.2 Å². The third-order valence-electron chi connectivity index (χ3n) is 5.49. The van der Waals surface area contributed by atoms with E-state index in [4.69, 9.17) is 9.47 Å². The van der Waals surface area contributed by atoms with Crippen molar-refractivity contribution in [3.05, 3.63) is 60.2 Å². The van der Waals surface area contributed by atoms with Crippen molar-refractivity contribution in [2.24, 2.45) is 11.3 Å². The number of ketones is 1. The molecule has 0 fully saturated rings. The Morgan fingerprint density at radius 2 is 1.91 bits per heavy atom. The van der Waals surface area contributed by atoms with E-state index in [9.17, 15) is 19.2 Å². The number of alkyl carbamates (subject to hydrolysis) is 1. The molecule has 1 amide bonds. The van der Waals surface area contributed by atoms with Crippen LogP contribution < -0.4 is 5.32 Å². The molecule has 0 spiro atoms. The van der Waals surface area contributed by atoms with Gasteiger partial charge in [0.05, 0.1) is 12.2 Å². The maximum absolute atomic E-state index is 12.8. The van der Waals surface area contributed by atoms with Crippen molar-refractivity contribution < 1.29 is 28.7 Å². The van der Waals surface area contributed by atoms with E-state index >= 15 is 0 Å². The number of esters is 1. The fraction of sp³-hybridized carbons (Fsp3) is 0.440. The highest BCUT2D eigenvalue weighted by molar-refractivity contribution is 6.27. The topological polar surface area (TPSA) is 98.8 Å². The molecular formula is C25H31NO6. The van der Waals surface area contributed by atoms with Gasteiger partial charge in [0.15, 0.2) is 6.29 Å². The molecule has 7 heteroatoms. The number of aldehydes is 1. The zero-order chi connectivity index (χ0) is 23.8. The molecule has 0 radical (unpaired) electrons. The number of benzene rings is 1. The van der Waals surface area contributed by atoms with E-state index in [0.717, 1.165) is 5.57 Å². The molecule has 0 heterocycles. The lowest BCUT2D eigenvalue weighted by atomic mass is 9.63. The standard InChI is InChI=1S/C25H31NO6/c1-5-18-11-12-25(21(28)16-27,13-14-26-23(30)32-24(2,3)4)20(15-18)17-31-22(29)19-9-7-6-8-10-19/h5-10,15-16,20H,1,11-14,17H2,2-4H3,(H,26,30)/t20-,25-/m1/s1. The molecule has 1 aromatic rings. The Kier molecular flexibility index (Phi) is 8.52. The van der Waals surface area contributed by atoms with E-state index in [1.165, 1.54) is 0 Å². The molecule has 1 aromatic carbocycles. The van der Waals surface area contributed by atoms with Crippen molar-refractivity contribution in [3.63, 3.8) is 0 Å². The summed E-state index contributed by atoms with van der Waals surface area (Å²) in [7, 11) is 0. The molecule has 172 valence electrons. The van der Waals surface area contributed by atoms with Gasteiger partial charge in [-0.1, -0.05) is 42.5 Å². The van der Waals surface area contributed by atoms with Gasteiger partial charge >= 0.3 is 12.1 Å². The van der Waals surface area contributed by atoms with Crippen molar-refractivity contribution in [2.75, 3.05) is 13.2 Å². The quantitative estimate of drug-likeness (QED) is 0.353. The number of rotatable bonds is 9. The second kappa shape index (κ2) is 10.9. The molecule has 7 nitrogen and oxygen atoms in total. The van der Waals surface area contributed by atoms with Crippen LogP contribution in [0.1, 0.15) is 50.4 Å². The third kappa shape index (κ3) is 6.64. The van der Waals surface area contributed by atoms with Crippen molar-refractivity contribution in [1.82, 2.24) is 5.32 Å². The molecule has 0 aromatic heterocycles. The number of ether oxygens (including phenoxy) is 2. The van der Waals surface area contributed by atoms with E-state index < -0.39 is 34.8 Å². The second-order valence-corrected chi connectivity index (χ2v) is 8.83. The first-order valence-corrected chi connectivity index (χ1v) is 10.6. The lowest BCUT2D eigenvalue weighted by Crippen LogP contribution is -2.46. The first-order valence-electron chi connectivity index (χ1n) is 10.6. The van der Waals surface area contributed by atoms with Crippen LogP contribution in [0.2, 0.25) is 0 Å². The largest absolute Gasteiger partial charge is 0.461 e. The van der Waals surface area contributed by atoms with E-state index in [0.29, 0.717) is 24.7 Å². The predicted octanol–water partition coefficient (Wildman–Crippen LogP) is 4.04. The molecule has 0 unspecified atom stereocenters. The summed E-state index contributed by atoms with van der Waals surface area (Å²) in [6.45, 7) is 9.11. The molecule has 32 heavy (non-hydrogen) atoms. The zero-order valence-electron chi connectivity index (χ0n) is 18.9. The van der Waals surface area contributed by atoms with Crippen molar-refractivity contribution in [1.29, 1.82) is 0 Å². The number of allylic oxidation sites excluding steroid dienone is 2. The number of hydrogen-bond acceptors (Lipinski definition) is 6. The Morgan fingerprint density at radius 3 is 2.50 bits per heavy atom. The zero-order valence-corrected chi connectivity index (χ0v) is 18.9. The Labute approximate surface area is 188 Å².